The lowest BCUT2D eigenvalue weighted by molar-refractivity contribution is 0.242. The van der Waals surface area contributed by atoms with Gasteiger partial charge in [0.15, 0.2) is 0 Å². The molecule has 0 bridgehead atoms. The second kappa shape index (κ2) is 6.95. The van der Waals surface area contributed by atoms with Crippen molar-refractivity contribution in [2.24, 2.45) is 5.92 Å². The lowest BCUT2D eigenvalue weighted by Crippen LogP contribution is -2.25. The Bertz CT molecular complexity index is 355. The van der Waals surface area contributed by atoms with E-state index in [1.807, 2.05) is 6.92 Å². The number of hydrogen-bond acceptors (Lipinski definition) is 3. The van der Waals surface area contributed by atoms with Crippen LogP contribution in [0.5, 0.6) is 0 Å². The molecule has 0 radical (unpaired) electrons. The summed E-state index contributed by atoms with van der Waals surface area (Å²) in [5.41, 5.74) is 1.28. The van der Waals surface area contributed by atoms with Gasteiger partial charge in [-0.1, -0.05) is 13.8 Å². The zero-order valence-corrected chi connectivity index (χ0v) is 12.7. The Balaban J connectivity index is 2.53. The van der Waals surface area contributed by atoms with Crippen LogP contribution in [0.15, 0.2) is 10.5 Å². The number of nitrogens with one attached hydrogen (secondary N) is 1. The third kappa shape index (κ3) is 4.83. The first-order valence-corrected chi connectivity index (χ1v) is 6.89. The Morgan fingerprint density at radius 3 is 2.50 bits per heavy atom. The van der Waals surface area contributed by atoms with Gasteiger partial charge < -0.3 is 9.73 Å². The summed E-state index contributed by atoms with van der Waals surface area (Å²) in [7, 11) is 2.12. The van der Waals surface area contributed by atoms with E-state index >= 15 is 0 Å². The first kappa shape index (κ1) is 15.3. The molecular formula is C15H28N2O. The van der Waals surface area contributed by atoms with Crippen molar-refractivity contribution in [2.75, 3.05) is 13.6 Å². The maximum atomic E-state index is 5.81. The lowest BCUT2D eigenvalue weighted by atomic mass is 10.2. The van der Waals surface area contributed by atoms with Gasteiger partial charge in [0.05, 0.1) is 6.54 Å². The highest BCUT2D eigenvalue weighted by atomic mass is 16.3. The molecule has 1 N–H and O–H groups in total. The number of nitrogens with zero attached hydrogens (tertiary/aromatic N) is 1. The van der Waals surface area contributed by atoms with E-state index in [0.29, 0.717) is 12.0 Å². The summed E-state index contributed by atoms with van der Waals surface area (Å²) in [6.07, 6.45) is 0. The van der Waals surface area contributed by atoms with Gasteiger partial charge in [0.25, 0.3) is 0 Å². The zero-order valence-electron chi connectivity index (χ0n) is 12.7. The standard InChI is InChI=1S/C15H28N2O/c1-11(2)8-16-9-14-7-15(18-13(14)5)10-17(6)12(3)4/h7,11-12,16H,8-10H2,1-6H3. The second-order valence-corrected chi connectivity index (χ2v) is 5.83. The van der Waals surface area contributed by atoms with Crippen LogP contribution < -0.4 is 5.32 Å². The van der Waals surface area contributed by atoms with Crippen LogP contribution in [0.25, 0.3) is 0 Å². The number of rotatable bonds is 7. The minimum Gasteiger partial charge on any atom is -0.465 e. The summed E-state index contributed by atoms with van der Waals surface area (Å²) in [5, 5.41) is 3.46. The van der Waals surface area contributed by atoms with Crippen LogP contribution in [-0.4, -0.2) is 24.5 Å². The summed E-state index contributed by atoms with van der Waals surface area (Å²) in [6, 6.07) is 2.72. The Morgan fingerprint density at radius 1 is 1.28 bits per heavy atom. The minimum atomic E-state index is 0.540. The van der Waals surface area contributed by atoms with Gasteiger partial charge in [-0.3, -0.25) is 4.90 Å². The molecule has 0 fully saturated rings. The molecule has 1 rings (SSSR count). The Labute approximate surface area is 112 Å². The van der Waals surface area contributed by atoms with Crippen molar-refractivity contribution in [2.45, 2.75) is 53.8 Å². The van der Waals surface area contributed by atoms with Crippen molar-refractivity contribution >= 4 is 0 Å². The van der Waals surface area contributed by atoms with Crippen molar-refractivity contribution < 1.29 is 4.42 Å². The van der Waals surface area contributed by atoms with E-state index < -0.39 is 0 Å². The van der Waals surface area contributed by atoms with E-state index in [-0.39, 0.29) is 0 Å². The first-order valence-electron chi connectivity index (χ1n) is 6.89. The van der Waals surface area contributed by atoms with Gasteiger partial charge in [0.1, 0.15) is 11.5 Å². The third-order valence-corrected chi connectivity index (χ3v) is 3.23. The molecule has 1 heterocycles. The van der Waals surface area contributed by atoms with Crippen LogP contribution in [0.4, 0.5) is 0 Å². The molecule has 0 aliphatic rings. The summed E-state index contributed by atoms with van der Waals surface area (Å²) in [6.45, 7) is 13.7. The van der Waals surface area contributed by atoms with Crippen LogP contribution in [0.1, 0.15) is 44.8 Å². The van der Waals surface area contributed by atoms with Crippen LogP contribution in [0, 0.1) is 12.8 Å². The molecule has 0 aromatic carbocycles. The molecule has 0 aliphatic carbocycles. The molecule has 0 unspecified atom stereocenters. The number of furan rings is 1. The van der Waals surface area contributed by atoms with Crippen molar-refractivity contribution in [3.05, 3.63) is 23.2 Å². The van der Waals surface area contributed by atoms with Crippen molar-refractivity contribution in [3.63, 3.8) is 0 Å². The molecule has 1 aromatic heterocycles. The molecule has 18 heavy (non-hydrogen) atoms. The van der Waals surface area contributed by atoms with E-state index in [1.165, 1.54) is 5.56 Å². The third-order valence-electron chi connectivity index (χ3n) is 3.23. The molecule has 0 spiro atoms. The fraction of sp³-hybridized carbons (Fsp3) is 0.733. The van der Waals surface area contributed by atoms with Crippen LogP contribution in [0.2, 0.25) is 0 Å². The maximum Gasteiger partial charge on any atom is 0.118 e. The quantitative estimate of drug-likeness (QED) is 0.808. The van der Waals surface area contributed by atoms with Gasteiger partial charge in [-0.15, -0.1) is 0 Å². The number of aryl methyl sites for hydroxylation is 1. The van der Waals surface area contributed by atoms with E-state index in [9.17, 15) is 0 Å². The average Bonchev–Trinajstić information content (AvgIpc) is 2.58. The van der Waals surface area contributed by atoms with Crippen molar-refractivity contribution in [3.8, 4) is 0 Å². The van der Waals surface area contributed by atoms with Gasteiger partial charge >= 0.3 is 0 Å². The summed E-state index contributed by atoms with van der Waals surface area (Å²) < 4.78 is 5.81. The largest absolute Gasteiger partial charge is 0.465 e. The van der Waals surface area contributed by atoms with Gasteiger partial charge in [-0.05, 0) is 46.3 Å². The first-order chi connectivity index (χ1) is 8.40. The average molecular weight is 252 g/mol. The minimum absolute atomic E-state index is 0.540. The predicted octanol–water partition coefficient (Wildman–Crippen LogP) is 3.17. The molecule has 0 aliphatic heterocycles. The van der Waals surface area contributed by atoms with Crippen LogP contribution in [0.3, 0.4) is 0 Å². The van der Waals surface area contributed by atoms with Crippen LogP contribution >= 0.6 is 0 Å². The normalized spacial score (nSPS) is 12.1. The molecule has 0 saturated carbocycles. The Hall–Kier alpha value is -0.800. The molecular weight excluding hydrogens is 224 g/mol. The number of hydrogen-bond donors (Lipinski definition) is 1. The van der Waals surface area contributed by atoms with E-state index in [1.54, 1.807) is 0 Å². The zero-order chi connectivity index (χ0) is 13.7. The van der Waals surface area contributed by atoms with Crippen LogP contribution in [-0.2, 0) is 13.1 Å². The summed E-state index contributed by atoms with van der Waals surface area (Å²) in [4.78, 5) is 2.28. The highest BCUT2D eigenvalue weighted by molar-refractivity contribution is 5.20. The fourth-order valence-electron chi connectivity index (χ4n) is 1.76. The predicted molar refractivity (Wildman–Crippen MR) is 76.6 cm³/mol. The maximum absolute atomic E-state index is 5.81. The highest BCUT2D eigenvalue weighted by Gasteiger charge is 2.11. The second-order valence-electron chi connectivity index (χ2n) is 5.83. The van der Waals surface area contributed by atoms with E-state index in [0.717, 1.165) is 31.2 Å². The highest BCUT2D eigenvalue weighted by Crippen LogP contribution is 2.16. The monoisotopic (exact) mass is 252 g/mol. The van der Waals surface area contributed by atoms with Crippen molar-refractivity contribution in [1.82, 2.24) is 10.2 Å². The van der Waals surface area contributed by atoms with E-state index in [4.69, 9.17) is 4.42 Å². The molecule has 0 saturated heterocycles. The molecule has 1 aromatic rings. The van der Waals surface area contributed by atoms with Gasteiger partial charge in [-0.2, -0.15) is 0 Å². The molecule has 3 heteroatoms. The SMILES string of the molecule is Cc1oc(CN(C)C(C)C)cc1CNCC(C)C. The van der Waals surface area contributed by atoms with E-state index in [2.05, 4.69) is 51.0 Å². The molecule has 0 amide bonds. The van der Waals surface area contributed by atoms with Gasteiger partial charge in [0.2, 0.25) is 0 Å². The molecule has 104 valence electrons. The fourth-order valence-corrected chi connectivity index (χ4v) is 1.76. The molecule has 0 atom stereocenters. The smallest absolute Gasteiger partial charge is 0.118 e. The van der Waals surface area contributed by atoms with Gasteiger partial charge in [0, 0.05) is 18.2 Å². The Morgan fingerprint density at radius 2 is 1.94 bits per heavy atom. The Kier molecular flexibility index (Phi) is 5.89. The summed E-state index contributed by atoms with van der Waals surface area (Å²) in [5.74, 6) is 2.78. The van der Waals surface area contributed by atoms with Gasteiger partial charge in [-0.25, -0.2) is 0 Å². The lowest BCUT2D eigenvalue weighted by Gasteiger charge is -2.19. The molecule has 3 nitrogen and oxygen atoms in total. The van der Waals surface area contributed by atoms with Crippen molar-refractivity contribution in [1.29, 1.82) is 0 Å². The topological polar surface area (TPSA) is 28.4 Å². The summed E-state index contributed by atoms with van der Waals surface area (Å²) >= 11 is 0.